The molecule has 0 fully saturated rings. The van der Waals surface area contributed by atoms with Gasteiger partial charge in [0.15, 0.2) is 9.84 Å². The molecule has 0 amide bonds. The van der Waals surface area contributed by atoms with Crippen LogP contribution < -0.4 is 0 Å². The van der Waals surface area contributed by atoms with Gasteiger partial charge in [-0.3, -0.25) is 0 Å². The predicted octanol–water partition coefficient (Wildman–Crippen LogP) is 4.72. The maximum atomic E-state index is 14.3. The molecule has 0 heterocycles. The Labute approximate surface area is 139 Å². The number of rotatable bonds is 2. The van der Waals surface area contributed by atoms with E-state index in [1.165, 1.54) is 24.3 Å². The van der Waals surface area contributed by atoms with Gasteiger partial charge >= 0.3 is 0 Å². The monoisotopic (exact) mass is 356 g/mol. The van der Waals surface area contributed by atoms with Gasteiger partial charge in [-0.05, 0) is 60.7 Å². The van der Waals surface area contributed by atoms with Gasteiger partial charge in [-0.1, -0.05) is 18.5 Å². The van der Waals surface area contributed by atoms with Gasteiger partial charge in [0.25, 0.3) is 0 Å². The maximum Gasteiger partial charge on any atom is 0.185 e. The largest absolute Gasteiger partial charge is 0.223 e. The van der Waals surface area contributed by atoms with Crippen molar-refractivity contribution in [1.29, 1.82) is 0 Å². The molecular formula is C17H15ClF2O2S. The van der Waals surface area contributed by atoms with Crippen LogP contribution in [0.1, 0.15) is 29.7 Å². The van der Waals surface area contributed by atoms with E-state index in [0.717, 1.165) is 12.1 Å². The van der Waals surface area contributed by atoms with Gasteiger partial charge < -0.3 is 0 Å². The Morgan fingerprint density at radius 3 is 2.30 bits per heavy atom. The van der Waals surface area contributed by atoms with E-state index in [9.17, 15) is 17.2 Å². The van der Waals surface area contributed by atoms with E-state index in [4.69, 9.17) is 11.6 Å². The smallest absolute Gasteiger partial charge is 0.185 e. The van der Waals surface area contributed by atoms with Crippen molar-refractivity contribution >= 4 is 21.4 Å². The molecule has 2 nitrogen and oxygen atoms in total. The van der Waals surface area contributed by atoms with Gasteiger partial charge in [0.2, 0.25) is 0 Å². The lowest BCUT2D eigenvalue weighted by Crippen LogP contribution is -2.28. The Kier molecular flexibility index (Phi) is 4.19. The van der Waals surface area contributed by atoms with Crippen LogP contribution in [0.5, 0.6) is 0 Å². The Bertz CT molecular complexity index is 848. The van der Waals surface area contributed by atoms with Crippen LogP contribution in [0, 0.1) is 17.6 Å². The van der Waals surface area contributed by atoms with Crippen molar-refractivity contribution in [3.63, 3.8) is 0 Å². The maximum absolute atomic E-state index is 14.3. The molecule has 0 N–H and O–H groups in total. The fraction of sp³-hybridized carbons (Fsp3) is 0.294. The minimum atomic E-state index is -3.85. The number of benzene rings is 2. The zero-order chi connectivity index (χ0) is 16.8. The molecule has 0 radical (unpaired) electrons. The molecule has 3 rings (SSSR count). The molecule has 122 valence electrons. The van der Waals surface area contributed by atoms with Crippen molar-refractivity contribution < 1.29 is 17.2 Å². The van der Waals surface area contributed by atoms with E-state index in [1.807, 2.05) is 0 Å². The molecule has 2 aromatic carbocycles. The predicted molar refractivity (Wildman–Crippen MR) is 85.2 cm³/mol. The molecular weight excluding hydrogens is 342 g/mol. The second-order valence-electron chi connectivity index (χ2n) is 5.86. The summed E-state index contributed by atoms with van der Waals surface area (Å²) in [5.41, 5.74) is 0.143. The highest BCUT2D eigenvalue weighted by Crippen LogP contribution is 2.44. The van der Waals surface area contributed by atoms with Crippen molar-refractivity contribution in [3.05, 3.63) is 64.2 Å². The van der Waals surface area contributed by atoms with Gasteiger partial charge in [0.05, 0.1) is 10.1 Å². The second kappa shape index (κ2) is 5.87. The summed E-state index contributed by atoms with van der Waals surface area (Å²) in [7, 11) is -3.85. The first-order valence-corrected chi connectivity index (χ1v) is 9.21. The number of hydrogen-bond acceptors (Lipinski definition) is 2. The van der Waals surface area contributed by atoms with Crippen molar-refractivity contribution in [2.24, 2.45) is 5.92 Å². The molecule has 0 saturated carbocycles. The van der Waals surface area contributed by atoms with Gasteiger partial charge in [0, 0.05) is 10.6 Å². The first-order chi connectivity index (χ1) is 10.8. The van der Waals surface area contributed by atoms with Crippen LogP contribution in [0.15, 0.2) is 41.3 Å². The lowest BCUT2D eigenvalue weighted by Gasteiger charge is -2.31. The molecule has 1 aliphatic rings. The summed E-state index contributed by atoms with van der Waals surface area (Å²) < 4.78 is 54.4. The van der Waals surface area contributed by atoms with Crippen LogP contribution in [0.25, 0.3) is 0 Å². The molecule has 2 atom stereocenters. The minimum Gasteiger partial charge on any atom is -0.223 e. The number of halogens is 3. The lowest BCUT2D eigenvalue weighted by atomic mass is 9.84. The highest BCUT2D eigenvalue weighted by Gasteiger charge is 2.40. The first-order valence-electron chi connectivity index (χ1n) is 7.28. The Morgan fingerprint density at radius 2 is 1.65 bits per heavy atom. The Morgan fingerprint density at radius 1 is 1.04 bits per heavy atom. The van der Waals surface area contributed by atoms with E-state index >= 15 is 0 Å². The molecule has 0 bridgehead atoms. The van der Waals surface area contributed by atoms with Crippen LogP contribution in [-0.2, 0) is 16.3 Å². The van der Waals surface area contributed by atoms with E-state index < -0.39 is 26.7 Å². The number of hydrogen-bond donors (Lipinski definition) is 0. The summed E-state index contributed by atoms with van der Waals surface area (Å²) in [6.45, 7) is 1.76. The third kappa shape index (κ3) is 2.76. The van der Waals surface area contributed by atoms with Gasteiger partial charge in [-0.25, -0.2) is 17.2 Å². The van der Waals surface area contributed by atoms with Crippen molar-refractivity contribution in [1.82, 2.24) is 0 Å². The highest BCUT2D eigenvalue weighted by atomic mass is 35.5. The van der Waals surface area contributed by atoms with Gasteiger partial charge in [-0.15, -0.1) is 0 Å². The zero-order valence-corrected chi connectivity index (χ0v) is 14.0. The van der Waals surface area contributed by atoms with E-state index in [-0.39, 0.29) is 21.9 Å². The van der Waals surface area contributed by atoms with E-state index in [0.29, 0.717) is 17.9 Å². The van der Waals surface area contributed by atoms with Crippen molar-refractivity contribution in [2.75, 3.05) is 0 Å². The summed E-state index contributed by atoms with van der Waals surface area (Å²) in [6.07, 6.45) is 0.831. The van der Waals surface area contributed by atoms with E-state index in [2.05, 4.69) is 0 Å². The summed E-state index contributed by atoms with van der Waals surface area (Å²) in [5.74, 6) is -1.53. The molecule has 6 heteroatoms. The normalized spacial score (nSPS) is 21.0. The molecule has 0 aromatic heterocycles. The second-order valence-corrected chi connectivity index (χ2v) is 8.36. The third-order valence-corrected chi connectivity index (χ3v) is 6.92. The topological polar surface area (TPSA) is 34.1 Å². The Balaban J connectivity index is 2.20. The van der Waals surface area contributed by atoms with Gasteiger partial charge in [0.1, 0.15) is 11.6 Å². The fourth-order valence-corrected chi connectivity index (χ4v) is 5.46. The molecule has 0 unspecified atom stereocenters. The summed E-state index contributed by atoms with van der Waals surface area (Å²) in [4.78, 5) is 0.0651. The summed E-state index contributed by atoms with van der Waals surface area (Å²) >= 11 is 5.80. The van der Waals surface area contributed by atoms with Crippen LogP contribution >= 0.6 is 11.6 Å². The molecule has 0 aliphatic heterocycles. The third-order valence-electron chi connectivity index (χ3n) is 4.37. The SMILES string of the molecule is C[C@H]1CCc2c(F)ccc(F)c2[C@@H]1S(=O)(=O)c1ccc(Cl)cc1. The van der Waals surface area contributed by atoms with Crippen molar-refractivity contribution in [2.45, 2.75) is 29.9 Å². The number of sulfone groups is 1. The fourth-order valence-electron chi connectivity index (χ4n) is 3.21. The molecule has 0 spiro atoms. The Hall–Kier alpha value is -1.46. The average Bonchev–Trinajstić information content (AvgIpc) is 2.51. The van der Waals surface area contributed by atoms with Crippen LogP contribution in [0.2, 0.25) is 5.02 Å². The van der Waals surface area contributed by atoms with Crippen LogP contribution in [0.4, 0.5) is 8.78 Å². The molecule has 23 heavy (non-hydrogen) atoms. The van der Waals surface area contributed by atoms with Crippen molar-refractivity contribution in [3.8, 4) is 0 Å². The highest BCUT2D eigenvalue weighted by molar-refractivity contribution is 7.91. The molecule has 0 saturated heterocycles. The van der Waals surface area contributed by atoms with Crippen LogP contribution in [0.3, 0.4) is 0 Å². The first kappa shape index (κ1) is 16.4. The minimum absolute atomic E-state index is 0.0290. The lowest BCUT2D eigenvalue weighted by molar-refractivity contribution is 0.432. The quantitative estimate of drug-likeness (QED) is 0.780. The summed E-state index contributed by atoms with van der Waals surface area (Å²) in [5, 5.41) is -0.679. The summed E-state index contributed by atoms with van der Waals surface area (Å²) in [6, 6.07) is 7.80. The van der Waals surface area contributed by atoms with E-state index in [1.54, 1.807) is 6.92 Å². The molecule has 2 aromatic rings. The average molecular weight is 357 g/mol. The standard InChI is InChI=1S/C17H15ClF2O2S/c1-10-2-7-13-14(19)8-9-15(20)16(13)17(10)23(21,22)12-5-3-11(18)4-6-12/h3-6,8-10,17H,2,7H2,1H3/t10-,17+/m0/s1. The van der Waals surface area contributed by atoms with Gasteiger partial charge in [-0.2, -0.15) is 0 Å². The number of fused-ring (bicyclic) bond motifs is 1. The molecule has 1 aliphatic carbocycles. The zero-order valence-electron chi connectivity index (χ0n) is 12.4. The van der Waals surface area contributed by atoms with Crippen LogP contribution in [-0.4, -0.2) is 8.42 Å².